The van der Waals surface area contributed by atoms with E-state index in [0.717, 1.165) is 25.7 Å². The van der Waals surface area contributed by atoms with E-state index in [1.165, 1.54) is 222 Å². The lowest BCUT2D eigenvalue weighted by atomic mass is 9.90. The van der Waals surface area contributed by atoms with Gasteiger partial charge in [-0.3, -0.25) is 0 Å². The van der Waals surface area contributed by atoms with E-state index < -0.39 is 0 Å². The van der Waals surface area contributed by atoms with Crippen molar-refractivity contribution in [3.63, 3.8) is 0 Å². The minimum Gasteiger partial charge on any atom is -0.309 e. The lowest BCUT2D eigenvalue weighted by Crippen LogP contribution is -2.04. The van der Waals surface area contributed by atoms with Gasteiger partial charge in [0.25, 0.3) is 0 Å². The second-order valence-corrected chi connectivity index (χ2v) is 22.5. The van der Waals surface area contributed by atoms with Crippen LogP contribution in [-0.4, -0.2) is 9.13 Å². The second kappa shape index (κ2) is 23.4. The number of rotatable bonds is 23. The molecule has 4 heteroatoms. The van der Waals surface area contributed by atoms with E-state index in [9.17, 15) is 0 Å². The molecule has 0 saturated heterocycles. The first kappa shape index (κ1) is 50.4. The normalized spacial score (nSPS) is 12.0. The quantitative estimate of drug-likeness (QED) is 0.0565. The SMILES string of the molecule is CCCCCCc1cc(-n2c3ccccc3c3c4ccccc4c(-c4cc5c(c6ccccc46)c4ccccc4n5-c4cc(CCCCCC)c(Br)cc4CCCCCC)cc32)c(CCCCCC)cc1Br. The van der Waals surface area contributed by atoms with Gasteiger partial charge < -0.3 is 9.13 Å². The van der Waals surface area contributed by atoms with Crippen molar-refractivity contribution in [2.45, 2.75) is 156 Å². The Morgan fingerprint density at radius 2 is 0.625 bits per heavy atom. The summed E-state index contributed by atoms with van der Waals surface area (Å²) in [5.74, 6) is 0. The fourth-order valence-electron chi connectivity index (χ4n) is 12.1. The summed E-state index contributed by atoms with van der Waals surface area (Å²) in [5, 5.41) is 10.5. The van der Waals surface area contributed by atoms with Crippen molar-refractivity contribution >= 4 is 97.0 Å². The Hall–Kier alpha value is -5.16. The fraction of sp³-hybridized carbons (Fsp3) is 0.353. The van der Waals surface area contributed by atoms with Crippen molar-refractivity contribution in [3.05, 3.63) is 165 Å². The smallest absolute Gasteiger partial charge is 0.0553 e. The molecular weight excluding hydrogens is 1000 g/mol. The third kappa shape index (κ3) is 9.97. The maximum Gasteiger partial charge on any atom is 0.0553 e. The van der Waals surface area contributed by atoms with E-state index in [-0.39, 0.29) is 0 Å². The molecule has 0 fully saturated rings. The summed E-state index contributed by atoms with van der Waals surface area (Å²) in [5.41, 5.74) is 16.0. The second-order valence-electron chi connectivity index (χ2n) is 20.8. The van der Waals surface area contributed by atoms with Crippen LogP contribution in [0.4, 0.5) is 0 Å². The summed E-state index contributed by atoms with van der Waals surface area (Å²) in [4.78, 5) is 0. The molecule has 10 rings (SSSR count). The third-order valence-electron chi connectivity index (χ3n) is 15.8. The van der Waals surface area contributed by atoms with Crippen LogP contribution in [-0.2, 0) is 25.7 Å². The number of nitrogens with zero attached hydrogens (tertiary/aromatic N) is 2. The van der Waals surface area contributed by atoms with Gasteiger partial charge in [0.05, 0.1) is 22.1 Å². The van der Waals surface area contributed by atoms with Crippen LogP contribution in [0.25, 0.3) is 87.7 Å². The molecule has 0 aliphatic heterocycles. The van der Waals surface area contributed by atoms with Crippen LogP contribution >= 0.6 is 31.9 Å². The summed E-state index contributed by atoms with van der Waals surface area (Å²) in [6.45, 7) is 9.25. The first-order valence-electron chi connectivity index (χ1n) is 28.0. The predicted octanol–water partition coefficient (Wildman–Crippen LogP) is 21.9. The Morgan fingerprint density at radius 1 is 0.306 bits per heavy atom. The van der Waals surface area contributed by atoms with Gasteiger partial charge in [0.2, 0.25) is 0 Å². The molecule has 0 aliphatic carbocycles. The number of hydrogen-bond acceptors (Lipinski definition) is 0. The third-order valence-corrected chi connectivity index (χ3v) is 17.3. The molecule has 8 aromatic carbocycles. The highest BCUT2D eigenvalue weighted by Gasteiger charge is 2.24. The number of unbranched alkanes of at least 4 members (excludes halogenated alkanes) is 12. The van der Waals surface area contributed by atoms with Gasteiger partial charge in [0.1, 0.15) is 0 Å². The molecule has 0 atom stereocenters. The molecule has 0 N–H and O–H groups in total. The number of para-hydroxylation sites is 2. The van der Waals surface area contributed by atoms with E-state index in [2.05, 4.69) is 202 Å². The largest absolute Gasteiger partial charge is 0.309 e. The lowest BCUT2D eigenvalue weighted by molar-refractivity contribution is 0.661. The van der Waals surface area contributed by atoms with Crippen LogP contribution in [0, 0.1) is 0 Å². The molecular formula is C68H74Br2N2. The summed E-state index contributed by atoms with van der Waals surface area (Å²) in [7, 11) is 0. The average Bonchev–Trinajstić information content (AvgIpc) is 3.92. The molecule has 0 saturated carbocycles. The first-order chi connectivity index (χ1) is 35.4. The zero-order valence-corrected chi connectivity index (χ0v) is 46.7. The molecule has 370 valence electrons. The van der Waals surface area contributed by atoms with Gasteiger partial charge in [-0.25, -0.2) is 0 Å². The van der Waals surface area contributed by atoms with E-state index in [1.807, 2.05) is 0 Å². The molecule has 10 aromatic rings. The Bertz CT molecular complexity index is 3280. The van der Waals surface area contributed by atoms with Crippen LogP contribution in [0.2, 0.25) is 0 Å². The summed E-state index contributed by atoms with van der Waals surface area (Å²) < 4.78 is 7.83. The van der Waals surface area contributed by atoms with Crippen LogP contribution in [0.1, 0.15) is 153 Å². The van der Waals surface area contributed by atoms with Crippen molar-refractivity contribution in [2.75, 3.05) is 0 Å². The molecule has 72 heavy (non-hydrogen) atoms. The monoisotopic (exact) mass is 1080 g/mol. The van der Waals surface area contributed by atoms with Crippen LogP contribution in [0.3, 0.4) is 0 Å². The molecule has 0 bridgehead atoms. The number of hydrogen-bond donors (Lipinski definition) is 0. The van der Waals surface area contributed by atoms with E-state index >= 15 is 0 Å². The average molecular weight is 1080 g/mol. The van der Waals surface area contributed by atoms with Crippen LogP contribution < -0.4 is 0 Å². The van der Waals surface area contributed by atoms with Crippen LogP contribution in [0.15, 0.2) is 142 Å². The van der Waals surface area contributed by atoms with Crippen molar-refractivity contribution in [3.8, 4) is 22.5 Å². The van der Waals surface area contributed by atoms with Gasteiger partial charge >= 0.3 is 0 Å². The number of aromatic nitrogens is 2. The van der Waals surface area contributed by atoms with E-state index in [0.29, 0.717) is 0 Å². The highest BCUT2D eigenvalue weighted by Crippen LogP contribution is 2.47. The van der Waals surface area contributed by atoms with Gasteiger partial charge in [-0.2, -0.15) is 0 Å². The van der Waals surface area contributed by atoms with E-state index in [1.54, 1.807) is 0 Å². The Morgan fingerprint density at radius 3 is 0.986 bits per heavy atom. The van der Waals surface area contributed by atoms with Gasteiger partial charge in [0.15, 0.2) is 0 Å². The highest BCUT2D eigenvalue weighted by molar-refractivity contribution is 9.10. The number of halogens is 2. The van der Waals surface area contributed by atoms with Gasteiger partial charge in [-0.15, -0.1) is 0 Å². The molecule has 0 radical (unpaired) electrons. The topological polar surface area (TPSA) is 9.86 Å². The molecule has 0 amide bonds. The van der Waals surface area contributed by atoms with Crippen LogP contribution in [0.5, 0.6) is 0 Å². The van der Waals surface area contributed by atoms with E-state index in [4.69, 9.17) is 0 Å². The van der Waals surface area contributed by atoms with Gasteiger partial charge in [-0.1, -0.05) is 222 Å². The lowest BCUT2D eigenvalue weighted by Gasteiger charge is -2.19. The predicted molar refractivity (Wildman–Crippen MR) is 322 cm³/mol. The van der Waals surface area contributed by atoms with Crippen molar-refractivity contribution in [1.29, 1.82) is 0 Å². The maximum atomic E-state index is 4.12. The summed E-state index contributed by atoms with van der Waals surface area (Å²) >= 11 is 8.24. The number of benzene rings is 8. The van der Waals surface area contributed by atoms with Crippen molar-refractivity contribution < 1.29 is 0 Å². The van der Waals surface area contributed by atoms with Gasteiger partial charge in [0, 0.05) is 41.9 Å². The minimum atomic E-state index is 1.06. The molecule has 0 aliphatic rings. The zero-order chi connectivity index (χ0) is 49.6. The number of aryl methyl sites for hydroxylation is 4. The highest BCUT2D eigenvalue weighted by atomic mass is 79.9. The van der Waals surface area contributed by atoms with Crippen molar-refractivity contribution in [1.82, 2.24) is 9.13 Å². The standard InChI is InChI=1S/C68H74Br2N2/c1-5-9-13-17-29-47-43-63(49(41-59(47)69)31-19-15-11-7-3)71-61-39-27-25-37-55(61)67-53-35-23-21-33-51(53)57(45-65(67)71)58-46-66-68(54-36-24-22-34-52(54)58)56-38-26-28-40-62(56)72(66)64-44-48(30-18-14-10-6-2)60(70)42-50(64)32-20-16-12-8-4/h21-28,33-46H,5-20,29-32H2,1-4H3. The minimum absolute atomic E-state index is 1.06. The molecule has 0 spiro atoms. The maximum absolute atomic E-state index is 4.12. The molecule has 2 heterocycles. The molecule has 2 nitrogen and oxygen atoms in total. The zero-order valence-electron chi connectivity index (χ0n) is 43.5. The first-order valence-corrected chi connectivity index (χ1v) is 29.6. The Labute approximate surface area is 446 Å². The fourth-order valence-corrected chi connectivity index (χ4v) is 13.3. The summed E-state index contributed by atoms with van der Waals surface area (Å²) in [6, 6.07) is 52.2. The number of fused-ring (bicyclic) bond motifs is 10. The van der Waals surface area contributed by atoms with Gasteiger partial charge in [-0.05, 0) is 155 Å². The Balaban J connectivity index is 1.27. The Kier molecular flexibility index (Phi) is 16.3. The molecule has 0 unspecified atom stereocenters. The summed E-state index contributed by atoms with van der Waals surface area (Å²) in [6.07, 6.45) is 24.2. The molecule has 2 aromatic heterocycles. The van der Waals surface area contributed by atoms with Crippen molar-refractivity contribution in [2.24, 2.45) is 0 Å².